The zero-order chi connectivity index (χ0) is 17.0. The van der Waals surface area contributed by atoms with Crippen molar-refractivity contribution in [2.75, 3.05) is 18.0 Å². The zero-order valence-electron chi connectivity index (χ0n) is 14.7. The average Bonchev–Trinajstić information content (AvgIpc) is 2.87. The Labute approximate surface area is 151 Å². The predicted octanol–water partition coefficient (Wildman–Crippen LogP) is 1.71. The normalized spacial score (nSPS) is 21.5. The van der Waals surface area contributed by atoms with Gasteiger partial charge < -0.3 is 21.1 Å². The van der Waals surface area contributed by atoms with E-state index in [4.69, 9.17) is 5.73 Å². The molecule has 0 bridgehead atoms. The van der Waals surface area contributed by atoms with Gasteiger partial charge in [-0.2, -0.15) is 0 Å². The van der Waals surface area contributed by atoms with E-state index in [1.54, 1.807) is 0 Å². The molecule has 1 aromatic rings. The van der Waals surface area contributed by atoms with E-state index in [9.17, 15) is 9.90 Å². The maximum atomic E-state index is 12.2. The molecule has 24 heavy (non-hydrogen) atoms. The monoisotopic (exact) mass is 355 g/mol. The Morgan fingerprint density at radius 3 is 2.67 bits per heavy atom. The molecular formula is C18H30ClN3O2. The molecule has 0 spiro atoms. The van der Waals surface area contributed by atoms with Crippen LogP contribution in [0.5, 0.6) is 0 Å². The second-order valence-corrected chi connectivity index (χ2v) is 6.81. The van der Waals surface area contributed by atoms with Crippen LogP contribution in [0.2, 0.25) is 0 Å². The first-order valence-electron chi connectivity index (χ1n) is 8.49. The number of β-amino-alcohol motifs (C(OH)–C–C–N with tert-alkyl or cyclic N) is 1. The fraction of sp³-hybridized carbons (Fsp3) is 0.611. The summed E-state index contributed by atoms with van der Waals surface area (Å²) < 4.78 is 0. The third kappa shape index (κ3) is 5.10. The molecule has 1 fully saturated rings. The first kappa shape index (κ1) is 20.7. The summed E-state index contributed by atoms with van der Waals surface area (Å²) in [6.07, 6.45) is 1.02. The average molecular weight is 356 g/mol. The maximum absolute atomic E-state index is 12.2. The van der Waals surface area contributed by atoms with Gasteiger partial charge in [-0.3, -0.25) is 4.79 Å². The Kier molecular flexibility index (Phi) is 8.00. The third-order valence-electron chi connectivity index (χ3n) is 4.39. The van der Waals surface area contributed by atoms with E-state index in [0.717, 1.165) is 12.1 Å². The number of nitrogens with one attached hydrogen (secondary N) is 1. The number of aliphatic hydroxyl groups is 1. The minimum Gasteiger partial charge on any atom is -0.389 e. The van der Waals surface area contributed by atoms with Gasteiger partial charge in [0.15, 0.2) is 0 Å². The summed E-state index contributed by atoms with van der Waals surface area (Å²) in [6, 6.07) is 7.42. The van der Waals surface area contributed by atoms with Gasteiger partial charge in [0.2, 0.25) is 5.91 Å². The number of hydrogen-bond acceptors (Lipinski definition) is 4. The Morgan fingerprint density at radius 2 is 2.04 bits per heavy atom. The SMILES string of the molecule is CCc1ccccc1N1CC(O)C(NC(=O)[C@@H](N)CC(C)C)C1.Cl. The van der Waals surface area contributed by atoms with Crippen molar-refractivity contribution in [1.29, 1.82) is 0 Å². The summed E-state index contributed by atoms with van der Waals surface area (Å²) in [7, 11) is 0. The van der Waals surface area contributed by atoms with Crippen LogP contribution in [0.4, 0.5) is 5.69 Å². The summed E-state index contributed by atoms with van der Waals surface area (Å²) in [4.78, 5) is 14.3. The number of nitrogens with two attached hydrogens (primary N) is 1. The van der Waals surface area contributed by atoms with E-state index in [1.165, 1.54) is 5.56 Å². The number of rotatable bonds is 6. The molecule has 1 heterocycles. The van der Waals surface area contributed by atoms with Crippen LogP contribution in [0.1, 0.15) is 32.8 Å². The van der Waals surface area contributed by atoms with Crippen LogP contribution in [0, 0.1) is 5.92 Å². The Hall–Kier alpha value is -1.30. The molecular weight excluding hydrogens is 326 g/mol. The third-order valence-corrected chi connectivity index (χ3v) is 4.39. The molecule has 1 saturated heterocycles. The topological polar surface area (TPSA) is 78.6 Å². The summed E-state index contributed by atoms with van der Waals surface area (Å²) in [5.41, 5.74) is 8.32. The highest BCUT2D eigenvalue weighted by molar-refractivity contribution is 5.85. The number of benzene rings is 1. The molecule has 1 aliphatic heterocycles. The van der Waals surface area contributed by atoms with Gasteiger partial charge in [-0.25, -0.2) is 0 Å². The van der Waals surface area contributed by atoms with Crippen molar-refractivity contribution >= 4 is 24.0 Å². The molecule has 5 nitrogen and oxygen atoms in total. The zero-order valence-corrected chi connectivity index (χ0v) is 15.6. The molecule has 1 aliphatic rings. The minimum atomic E-state index is -0.574. The molecule has 6 heteroatoms. The smallest absolute Gasteiger partial charge is 0.237 e. The predicted molar refractivity (Wildman–Crippen MR) is 101 cm³/mol. The van der Waals surface area contributed by atoms with E-state index in [1.807, 2.05) is 26.0 Å². The first-order chi connectivity index (χ1) is 10.9. The van der Waals surface area contributed by atoms with Crippen LogP contribution in [-0.4, -0.2) is 42.3 Å². The molecule has 3 atom stereocenters. The number of carbonyl (C=O) groups is 1. The van der Waals surface area contributed by atoms with Gasteiger partial charge in [0, 0.05) is 18.8 Å². The number of carbonyl (C=O) groups excluding carboxylic acids is 1. The Balaban J connectivity index is 0.00000288. The number of halogens is 1. The van der Waals surface area contributed by atoms with Crippen LogP contribution in [0.3, 0.4) is 0 Å². The first-order valence-corrected chi connectivity index (χ1v) is 8.49. The second-order valence-electron chi connectivity index (χ2n) is 6.81. The van der Waals surface area contributed by atoms with Crippen LogP contribution in [0.15, 0.2) is 24.3 Å². The number of aliphatic hydroxyl groups excluding tert-OH is 1. The highest BCUT2D eigenvalue weighted by atomic mass is 35.5. The molecule has 4 N–H and O–H groups in total. The van der Waals surface area contributed by atoms with Crippen LogP contribution >= 0.6 is 12.4 Å². The number of amides is 1. The van der Waals surface area contributed by atoms with E-state index in [2.05, 4.69) is 29.3 Å². The van der Waals surface area contributed by atoms with Crippen molar-refractivity contribution in [2.45, 2.75) is 51.8 Å². The van der Waals surface area contributed by atoms with Crippen molar-refractivity contribution in [3.05, 3.63) is 29.8 Å². The largest absolute Gasteiger partial charge is 0.389 e. The highest BCUT2D eigenvalue weighted by Crippen LogP contribution is 2.25. The van der Waals surface area contributed by atoms with Crippen LogP contribution in [-0.2, 0) is 11.2 Å². The molecule has 2 unspecified atom stereocenters. The van der Waals surface area contributed by atoms with E-state index < -0.39 is 12.1 Å². The number of hydrogen-bond donors (Lipinski definition) is 3. The molecule has 0 aromatic heterocycles. The number of para-hydroxylation sites is 1. The molecule has 0 radical (unpaired) electrons. The standard InChI is InChI=1S/C18H29N3O2.ClH/c1-4-13-7-5-6-8-16(13)21-10-15(17(22)11-21)20-18(23)14(19)9-12(2)3;/h5-8,12,14-15,17,22H,4,9-11,19H2,1-3H3,(H,20,23);1H/t14-,15?,17?;/m0./s1. The number of anilines is 1. The van der Waals surface area contributed by atoms with Gasteiger partial charge in [0.1, 0.15) is 0 Å². The number of nitrogens with zero attached hydrogens (tertiary/aromatic N) is 1. The second kappa shape index (κ2) is 9.25. The number of aryl methyl sites for hydroxylation is 1. The molecule has 0 aliphatic carbocycles. The fourth-order valence-corrected chi connectivity index (χ4v) is 3.15. The van der Waals surface area contributed by atoms with Crippen LogP contribution < -0.4 is 16.0 Å². The van der Waals surface area contributed by atoms with Crippen LogP contribution in [0.25, 0.3) is 0 Å². The van der Waals surface area contributed by atoms with Gasteiger partial charge in [-0.1, -0.05) is 39.0 Å². The Bertz CT molecular complexity index is 539. The minimum absolute atomic E-state index is 0. The van der Waals surface area contributed by atoms with Crippen molar-refractivity contribution in [1.82, 2.24) is 5.32 Å². The lowest BCUT2D eigenvalue weighted by Crippen LogP contribution is -2.50. The molecule has 0 saturated carbocycles. The summed E-state index contributed by atoms with van der Waals surface area (Å²) in [6.45, 7) is 7.34. The van der Waals surface area contributed by atoms with Crippen molar-refractivity contribution in [3.8, 4) is 0 Å². The van der Waals surface area contributed by atoms with E-state index in [0.29, 0.717) is 25.4 Å². The van der Waals surface area contributed by atoms with Crippen molar-refractivity contribution < 1.29 is 9.90 Å². The van der Waals surface area contributed by atoms with Gasteiger partial charge >= 0.3 is 0 Å². The van der Waals surface area contributed by atoms with E-state index >= 15 is 0 Å². The lowest BCUT2D eigenvalue weighted by Gasteiger charge is -2.22. The Morgan fingerprint density at radius 1 is 1.38 bits per heavy atom. The van der Waals surface area contributed by atoms with E-state index in [-0.39, 0.29) is 24.4 Å². The van der Waals surface area contributed by atoms with Crippen molar-refractivity contribution in [2.24, 2.45) is 11.7 Å². The van der Waals surface area contributed by atoms with Gasteiger partial charge in [0.25, 0.3) is 0 Å². The molecule has 136 valence electrons. The lowest BCUT2D eigenvalue weighted by atomic mass is 10.0. The maximum Gasteiger partial charge on any atom is 0.237 e. The lowest BCUT2D eigenvalue weighted by molar-refractivity contribution is -0.123. The fourth-order valence-electron chi connectivity index (χ4n) is 3.15. The quantitative estimate of drug-likeness (QED) is 0.726. The molecule has 1 amide bonds. The summed E-state index contributed by atoms with van der Waals surface area (Å²) >= 11 is 0. The molecule has 1 aromatic carbocycles. The van der Waals surface area contributed by atoms with Gasteiger partial charge in [0.05, 0.1) is 18.2 Å². The highest BCUT2D eigenvalue weighted by Gasteiger charge is 2.34. The van der Waals surface area contributed by atoms with Crippen molar-refractivity contribution in [3.63, 3.8) is 0 Å². The van der Waals surface area contributed by atoms with Gasteiger partial charge in [-0.05, 0) is 30.4 Å². The molecule has 2 rings (SSSR count). The van der Waals surface area contributed by atoms with Gasteiger partial charge in [-0.15, -0.1) is 12.4 Å². The summed E-state index contributed by atoms with van der Waals surface area (Å²) in [5.74, 6) is 0.200. The summed E-state index contributed by atoms with van der Waals surface area (Å²) in [5, 5.41) is 13.2.